The number of rotatable bonds is 4. The van der Waals surface area contributed by atoms with Gasteiger partial charge in [0.2, 0.25) is 0 Å². The van der Waals surface area contributed by atoms with E-state index in [2.05, 4.69) is 41.8 Å². The van der Waals surface area contributed by atoms with Crippen LogP contribution in [-0.2, 0) is 16.1 Å². The third-order valence-electron chi connectivity index (χ3n) is 4.96. The number of benzene rings is 2. The molecule has 1 aromatic heterocycles. The van der Waals surface area contributed by atoms with Crippen molar-refractivity contribution in [2.24, 2.45) is 11.1 Å². The van der Waals surface area contributed by atoms with Gasteiger partial charge in [-0.2, -0.15) is 0 Å². The van der Waals surface area contributed by atoms with Crippen LogP contribution in [0.4, 0.5) is 0 Å². The van der Waals surface area contributed by atoms with Gasteiger partial charge >= 0.3 is 5.97 Å². The highest BCUT2D eigenvalue weighted by atomic mass is 35.5. The number of nitrogens with two attached hydrogens (primary N) is 1. The van der Waals surface area contributed by atoms with E-state index in [1.165, 1.54) is 28.9 Å². The standard InChI is InChI=1S/C20H24N2O2.ClH/c1-5-22-16-9-7-6-8-14(16)15-12-13(10-11-17(15)22)18(21)20(2,3)19(23)24-4;/h6-12,18H,5,21H2,1-4H3;1H/t18-;/m1./s1. The summed E-state index contributed by atoms with van der Waals surface area (Å²) in [6.45, 7) is 6.70. The van der Waals surface area contributed by atoms with Crippen LogP contribution in [-0.4, -0.2) is 17.6 Å². The number of para-hydroxylation sites is 1. The topological polar surface area (TPSA) is 57.2 Å². The van der Waals surface area contributed by atoms with E-state index in [0.717, 1.165) is 12.1 Å². The summed E-state index contributed by atoms with van der Waals surface area (Å²) in [6, 6.07) is 14.2. The van der Waals surface area contributed by atoms with E-state index >= 15 is 0 Å². The van der Waals surface area contributed by atoms with E-state index in [9.17, 15) is 4.79 Å². The summed E-state index contributed by atoms with van der Waals surface area (Å²) < 4.78 is 7.21. The summed E-state index contributed by atoms with van der Waals surface area (Å²) in [7, 11) is 1.40. The first kappa shape index (κ1) is 19.3. The smallest absolute Gasteiger partial charge is 0.313 e. The Labute approximate surface area is 154 Å². The molecule has 134 valence electrons. The normalized spacial score (nSPS) is 12.8. The first-order chi connectivity index (χ1) is 11.4. The number of hydrogen-bond donors (Lipinski definition) is 1. The average Bonchev–Trinajstić information content (AvgIpc) is 2.93. The highest BCUT2D eigenvalue weighted by molar-refractivity contribution is 6.08. The zero-order chi connectivity index (χ0) is 17.5. The molecule has 0 radical (unpaired) electrons. The lowest BCUT2D eigenvalue weighted by Gasteiger charge is -2.29. The molecule has 2 N–H and O–H groups in total. The molecule has 2 aromatic carbocycles. The maximum Gasteiger partial charge on any atom is 0.313 e. The van der Waals surface area contributed by atoms with E-state index in [1.54, 1.807) is 0 Å². The van der Waals surface area contributed by atoms with Crippen molar-refractivity contribution in [3.05, 3.63) is 48.0 Å². The maximum atomic E-state index is 12.1. The second-order valence-corrected chi connectivity index (χ2v) is 6.73. The maximum absolute atomic E-state index is 12.1. The first-order valence-corrected chi connectivity index (χ1v) is 8.26. The lowest BCUT2D eigenvalue weighted by atomic mass is 9.81. The van der Waals surface area contributed by atoms with Crippen molar-refractivity contribution >= 4 is 40.2 Å². The molecule has 0 amide bonds. The number of halogens is 1. The summed E-state index contributed by atoms with van der Waals surface area (Å²) in [5, 5.41) is 2.38. The Balaban J connectivity index is 0.00000225. The summed E-state index contributed by atoms with van der Waals surface area (Å²) in [6.07, 6.45) is 0. The summed E-state index contributed by atoms with van der Waals surface area (Å²) in [4.78, 5) is 12.1. The van der Waals surface area contributed by atoms with E-state index < -0.39 is 11.5 Å². The predicted molar refractivity (Wildman–Crippen MR) is 105 cm³/mol. The monoisotopic (exact) mass is 360 g/mol. The number of fused-ring (bicyclic) bond motifs is 3. The van der Waals surface area contributed by atoms with E-state index in [-0.39, 0.29) is 18.4 Å². The number of esters is 1. The Morgan fingerprint density at radius 1 is 1.16 bits per heavy atom. The van der Waals surface area contributed by atoms with Gasteiger partial charge in [0.25, 0.3) is 0 Å². The van der Waals surface area contributed by atoms with Crippen molar-refractivity contribution in [2.75, 3.05) is 7.11 Å². The van der Waals surface area contributed by atoms with Gasteiger partial charge in [0, 0.05) is 34.4 Å². The van der Waals surface area contributed by atoms with Crippen molar-refractivity contribution in [3.63, 3.8) is 0 Å². The van der Waals surface area contributed by atoms with Crippen LogP contribution in [0.5, 0.6) is 0 Å². The molecule has 3 rings (SSSR count). The molecule has 4 nitrogen and oxygen atoms in total. The molecule has 0 aliphatic rings. The summed E-state index contributed by atoms with van der Waals surface area (Å²) in [5.74, 6) is -0.300. The SMILES string of the molecule is CCn1c2ccccc2c2cc([C@@H](N)C(C)(C)C(=O)OC)ccc21.Cl. The Bertz CT molecular complexity index is 915. The molecule has 1 atom stereocenters. The molecular formula is C20H25ClN2O2. The molecule has 0 aliphatic heterocycles. The third-order valence-corrected chi connectivity index (χ3v) is 4.96. The molecule has 1 heterocycles. The number of hydrogen-bond acceptors (Lipinski definition) is 3. The highest BCUT2D eigenvalue weighted by Crippen LogP contribution is 2.36. The Hall–Kier alpha value is -2.04. The van der Waals surface area contributed by atoms with Crippen molar-refractivity contribution in [2.45, 2.75) is 33.4 Å². The summed E-state index contributed by atoms with van der Waals surface area (Å²) in [5.41, 5.74) is 8.97. The van der Waals surface area contributed by atoms with Crippen LogP contribution in [0.1, 0.15) is 32.4 Å². The first-order valence-electron chi connectivity index (χ1n) is 8.26. The molecule has 0 aliphatic carbocycles. The minimum Gasteiger partial charge on any atom is -0.469 e. The van der Waals surface area contributed by atoms with Gasteiger partial charge in [0.15, 0.2) is 0 Å². The zero-order valence-electron chi connectivity index (χ0n) is 15.1. The van der Waals surface area contributed by atoms with Crippen LogP contribution < -0.4 is 5.73 Å². The lowest BCUT2D eigenvalue weighted by Crippen LogP contribution is -2.37. The minimum atomic E-state index is -0.786. The number of carbonyl (C=O) groups is 1. The van der Waals surface area contributed by atoms with Crippen molar-refractivity contribution in [1.82, 2.24) is 4.57 Å². The van der Waals surface area contributed by atoms with Crippen LogP contribution >= 0.6 is 12.4 Å². The molecule has 0 saturated carbocycles. The molecule has 0 saturated heterocycles. The van der Waals surface area contributed by atoms with E-state index in [0.29, 0.717) is 0 Å². The van der Waals surface area contributed by atoms with Gasteiger partial charge in [-0.1, -0.05) is 24.3 Å². The third kappa shape index (κ3) is 3.00. The molecule has 0 unspecified atom stereocenters. The molecule has 0 spiro atoms. The zero-order valence-corrected chi connectivity index (χ0v) is 15.9. The largest absolute Gasteiger partial charge is 0.469 e. The number of aromatic nitrogens is 1. The Morgan fingerprint density at radius 2 is 1.80 bits per heavy atom. The second-order valence-electron chi connectivity index (χ2n) is 6.73. The number of nitrogens with zero attached hydrogens (tertiary/aromatic N) is 1. The fraction of sp³-hybridized carbons (Fsp3) is 0.350. The Morgan fingerprint density at radius 3 is 2.44 bits per heavy atom. The number of ether oxygens (including phenoxy) is 1. The fourth-order valence-corrected chi connectivity index (χ4v) is 3.41. The minimum absolute atomic E-state index is 0. The number of carbonyl (C=O) groups excluding carboxylic acids is 1. The average molecular weight is 361 g/mol. The van der Waals surface area contributed by atoms with Crippen LogP contribution in [0.2, 0.25) is 0 Å². The quantitative estimate of drug-likeness (QED) is 0.700. The molecular weight excluding hydrogens is 336 g/mol. The molecule has 25 heavy (non-hydrogen) atoms. The molecule has 3 aromatic rings. The van der Waals surface area contributed by atoms with Gasteiger partial charge in [0.1, 0.15) is 0 Å². The highest BCUT2D eigenvalue weighted by Gasteiger charge is 2.36. The van der Waals surface area contributed by atoms with Gasteiger partial charge in [-0.05, 0) is 44.5 Å². The van der Waals surface area contributed by atoms with Crippen molar-refractivity contribution in [1.29, 1.82) is 0 Å². The fourth-order valence-electron chi connectivity index (χ4n) is 3.41. The van der Waals surface area contributed by atoms with Gasteiger partial charge < -0.3 is 15.0 Å². The molecule has 0 bridgehead atoms. The second kappa shape index (κ2) is 7.06. The molecule has 0 fully saturated rings. The van der Waals surface area contributed by atoms with Gasteiger partial charge in [-0.3, -0.25) is 4.79 Å². The van der Waals surface area contributed by atoms with Crippen LogP contribution in [0, 0.1) is 5.41 Å². The predicted octanol–water partition coefficient (Wildman–Crippen LogP) is 4.44. The number of aryl methyl sites for hydroxylation is 1. The van der Waals surface area contributed by atoms with Crippen molar-refractivity contribution < 1.29 is 9.53 Å². The van der Waals surface area contributed by atoms with Gasteiger partial charge in [0.05, 0.1) is 12.5 Å². The van der Waals surface area contributed by atoms with Crippen LogP contribution in [0.15, 0.2) is 42.5 Å². The van der Waals surface area contributed by atoms with E-state index in [1.807, 2.05) is 26.0 Å². The van der Waals surface area contributed by atoms with E-state index in [4.69, 9.17) is 10.5 Å². The van der Waals surface area contributed by atoms with Gasteiger partial charge in [-0.15, -0.1) is 12.4 Å². The summed E-state index contributed by atoms with van der Waals surface area (Å²) >= 11 is 0. The molecule has 5 heteroatoms. The van der Waals surface area contributed by atoms with Crippen LogP contribution in [0.25, 0.3) is 21.8 Å². The van der Waals surface area contributed by atoms with Crippen LogP contribution in [0.3, 0.4) is 0 Å². The lowest BCUT2D eigenvalue weighted by molar-refractivity contribution is -0.152. The Kier molecular flexibility index (Phi) is 5.45. The van der Waals surface area contributed by atoms with Crippen molar-refractivity contribution in [3.8, 4) is 0 Å². The van der Waals surface area contributed by atoms with Gasteiger partial charge in [-0.25, -0.2) is 0 Å². The number of methoxy groups -OCH3 is 1.